The van der Waals surface area contributed by atoms with Gasteiger partial charge in [0, 0.05) is 13.1 Å². The summed E-state index contributed by atoms with van der Waals surface area (Å²) in [5, 5.41) is 2.98. The lowest BCUT2D eigenvalue weighted by atomic mass is 10.0. The van der Waals surface area contributed by atoms with Crippen molar-refractivity contribution in [3.63, 3.8) is 0 Å². The smallest absolute Gasteiger partial charge is 0.247 e. The fourth-order valence-corrected chi connectivity index (χ4v) is 3.58. The van der Waals surface area contributed by atoms with Crippen molar-refractivity contribution in [2.45, 2.75) is 32.4 Å². The normalized spacial score (nSPS) is 11.4. The number of rotatable bonds is 10. The molecule has 32 heavy (non-hydrogen) atoms. The van der Waals surface area contributed by atoms with Gasteiger partial charge < -0.3 is 15.0 Å². The number of carbonyl (C=O) groups excluding carboxylic acids is 2. The summed E-state index contributed by atoms with van der Waals surface area (Å²) in [6.45, 7) is 2.88. The lowest BCUT2D eigenvalue weighted by molar-refractivity contribution is -0.141. The monoisotopic (exact) mass is 430 g/mol. The summed E-state index contributed by atoms with van der Waals surface area (Å²) in [5.74, 6) is 0.469. The Morgan fingerprint density at radius 1 is 0.875 bits per heavy atom. The van der Waals surface area contributed by atoms with Gasteiger partial charge in [-0.3, -0.25) is 9.59 Å². The van der Waals surface area contributed by atoms with Gasteiger partial charge >= 0.3 is 0 Å². The van der Waals surface area contributed by atoms with Gasteiger partial charge in [-0.05, 0) is 35.2 Å². The molecular weight excluding hydrogens is 400 g/mol. The third-order valence-corrected chi connectivity index (χ3v) is 5.26. The molecule has 0 aliphatic heterocycles. The number of hydrogen-bond donors (Lipinski definition) is 1. The lowest BCUT2D eigenvalue weighted by Crippen LogP contribution is -2.44. The molecule has 0 unspecified atom stereocenters. The number of nitrogens with zero attached hydrogens (tertiary/aromatic N) is 1. The number of benzene rings is 3. The van der Waals surface area contributed by atoms with E-state index in [2.05, 4.69) is 5.32 Å². The highest BCUT2D eigenvalue weighted by Gasteiger charge is 2.31. The zero-order valence-corrected chi connectivity index (χ0v) is 18.7. The molecule has 3 rings (SSSR count). The van der Waals surface area contributed by atoms with Crippen LogP contribution in [0.4, 0.5) is 0 Å². The van der Waals surface area contributed by atoms with Crippen molar-refractivity contribution in [1.29, 1.82) is 0 Å². The first kappa shape index (κ1) is 23.1. The molecule has 0 saturated heterocycles. The first-order valence-corrected chi connectivity index (χ1v) is 10.9. The number of hydrogen-bond acceptors (Lipinski definition) is 3. The van der Waals surface area contributed by atoms with Crippen LogP contribution >= 0.6 is 0 Å². The molecule has 2 amide bonds. The molecule has 0 aliphatic carbocycles. The maximum absolute atomic E-state index is 13.6. The van der Waals surface area contributed by atoms with Crippen molar-refractivity contribution in [3.05, 3.63) is 102 Å². The van der Waals surface area contributed by atoms with Gasteiger partial charge in [-0.2, -0.15) is 0 Å². The van der Waals surface area contributed by atoms with Crippen molar-refractivity contribution in [2.24, 2.45) is 0 Å². The molecule has 0 heterocycles. The molecule has 0 aliphatic rings. The SMILES string of the molecule is CCCNC(=O)[C@H](c1ccccc1)N(Cc1ccc(OC)cc1)C(=O)Cc1ccccc1. The minimum atomic E-state index is -0.721. The summed E-state index contributed by atoms with van der Waals surface area (Å²) in [4.78, 5) is 28.5. The van der Waals surface area contributed by atoms with E-state index < -0.39 is 6.04 Å². The summed E-state index contributed by atoms with van der Waals surface area (Å²) in [5.41, 5.74) is 2.63. The predicted molar refractivity (Wildman–Crippen MR) is 126 cm³/mol. The van der Waals surface area contributed by atoms with E-state index in [4.69, 9.17) is 4.74 Å². The fraction of sp³-hybridized carbons (Fsp3) is 0.259. The Morgan fingerprint density at radius 2 is 1.50 bits per heavy atom. The molecular formula is C27H30N2O3. The summed E-state index contributed by atoms with van der Waals surface area (Å²) in [6.07, 6.45) is 1.05. The molecule has 0 bridgehead atoms. The quantitative estimate of drug-likeness (QED) is 0.514. The number of methoxy groups -OCH3 is 1. The molecule has 1 atom stereocenters. The highest BCUT2D eigenvalue weighted by Crippen LogP contribution is 2.25. The van der Waals surface area contributed by atoms with E-state index in [1.165, 1.54) is 0 Å². The van der Waals surface area contributed by atoms with E-state index in [-0.39, 0.29) is 18.2 Å². The lowest BCUT2D eigenvalue weighted by Gasteiger charge is -2.32. The van der Waals surface area contributed by atoms with Crippen LogP contribution < -0.4 is 10.1 Å². The van der Waals surface area contributed by atoms with E-state index in [0.29, 0.717) is 13.1 Å². The second-order valence-electron chi connectivity index (χ2n) is 7.64. The standard InChI is InChI=1S/C27H30N2O3/c1-3-18-28-27(31)26(23-12-8-5-9-13-23)29(20-22-14-16-24(32-2)17-15-22)25(30)19-21-10-6-4-7-11-21/h4-17,26H,3,18-20H2,1-2H3,(H,28,31)/t26-/m0/s1. The fourth-order valence-electron chi connectivity index (χ4n) is 3.58. The molecule has 0 saturated carbocycles. The van der Waals surface area contributed by atoms with E-state index in [9.17, 15) is 9.59 Å². The first-order chi connectivity index (χ1) is 15.6. The Kier molecular flexibility index (Phi) is 8.44. The van der Waals surface area contributed by atoms with E-state index in [1.54, 1.807) is 12.0 Å². The second kappa shape index (κ2) is 11.7. The molecule has 0 radical (unpaired) electrons. The van der Waals surface area contributed by atoms with E-state index in [0.717, 1.165) is 28.9 Å². The van der Waals surface area contributed by atoms with Crippen LogP contribution in [0.3, 0.4) is 0 Å². The summed E-state index contributed by atoms with van der Waals surface area (Å²) < 4.78 is 5.26. The molecule has 0 spiro atoms. The topological polar surface area (TPSA) is 58.6 Å². The van der Waals surface area contributed by atoms with Crippen LogP contribution in [0, 0.1) is 0 Å². The van der Waals surface area contributed by atoms with Gasteiger partial charge in [0.05, 0.1) is 13.5 Å². The summed E-state index contributed by atoms with van der Waals surface area (Å²) in [7, 11) is 1.62. The molecule has 3 aromatic rings. The van der Waals surface area contributed by atoms with Gasteiger partial charge in [-0.15, -0.1) is 0 Å². The van der Waals surface area contributed by atoms with E-state index in [1.807, 2.05) is 91.9 Å². The van der Waals surface area contributed by atoms with E-state index >= 15 is 0 Å². The Balaban J connectivity index is 1.97. The van der Waals surface area contributed by atoms with Crippen LogP contribution in [0.15, 0.2) is 84.9 Å². The Hall–Kier alpha value is -3.60. The van der Waals surface area contributed by atoms with Gasteiger partial charge in [-0.25, -0.2) is 0 Å². The van der Waals surface area contributed by atoms with Gasteiger partial charge in [0.25, 0.3) is 0 Å². The average molecular weight is 431 g/mol. The second-order valence-corrected chi connectivity index (χ2v) is 7.64. The van der Waals surface area contributed by atoms with Crippen LogP contribution in [0.2, 0.25) is 0 Å². The third kappa shape index (κ3) is 6.20. The Morgan fingerprint density at radius 3 is 2.09 bits per heavy atom. The van der Waals surface area contributed by atoms with Crippen molar-refractivity contribution >= 4 is 11.8 Å². The summed E-state index contributed by atoms with van der Waals surface area (Å²) >= 11 is 0. The molecule has 3 aromatic carbocycles. The number of nitrogens with one attached hydrogen (secondary N) is 1. The highest BCUT2D eigenvalue weighted by molar-refractivity contribution is 5.89. The average Bonchev–Trinajstić information content (AvgIpc) is 2.84. The molecule has 0 aromatic heterocycles. The summed E-state index contributed by atoms with van der Waals surface area (Å²) in [6, 6.07) is 26.0. The van der Waals surface area contributed by atoms with Crippen molar-refractivity contribution in [1.82, 2.24) is 10.2 Å². The predicted octanol–water partition coefficient (Wildman–Crippen LogP) is 4.53. The number of carbonyl (C=O) groups is 2. The number of ether oxygens (including phenoxy) is 1. The molecule has 166 valence electrons. The van der Waals surface area contributed by atoms with Crippen LogP contribution in [0.25, 0.3) is 0 Å². The van der Waals surface area contributed by atoms with Gasteiger partial charge in [0.15, 0.2) is 0 Å². The minimum absolute atomic E-state index is 0.104. The molecule has 5 nitrogen and oxygen atoms in total. The van der Waals surface area contributed by atoms with Gasteiger partial charge in [0.2, 0.25) is 11.8 Å². The van der Waals surface area contributed by atoms with Crippen LogP contribution in [0.1, 0.15) is 36.1 Å². The maximum atomic E-state index is 13.6. The zero-order valence-electron chi connectivity index (χ0n) is 18.7. The molecule has 1 N–H and O–H groups in total. The van der Waals surface area contributed by atoms with Crippen LogP contribution in [-0.4, -0.2) is 30.4 Å². The van der Waals surface area contributed by atoms with Crippen molar-refractivity contribution in [2.75, 3.05) is 13.7 Å². The Labute approximate surface area is 190 Å². The maximum Gasteiger partial charge on any atom is 0.247 e. The van der Waals surface area contributed by atoms with Gasteiger partial charge in [-0.1, -0.05) is 79.7 Å². The zero-order chi connectivity index (χ0) is 22.8. The van der Waals surface area contributed by atoms with Crippen LogP contribution in [0.5, 0.6) is 5.75 Å². The minimum Gasteiger partial charge on any atom is -0.497 e. The van der Waals surface area contributed by atoms with Crippen LogP contribution in [-0.2, 0) is 22.6 Å². The molecule has 0 fully saturated rings. The highest BCUT2D eigenvalue weighted by atomic mass is 16.5. The third-order valence-electron chi connectivity index (χ3n) is 5.26. The number of amides is 2. The first-order valence-electron chi connectivity index (χ1n) is 10.9. The van der Waals surface area contributed by atoms with Gasteiger partial charge in [0.1, 0.15) is 11.8 Å². The van der Waals surface area contributed by atoms with Crippen molar-refractivity contribution < 1.29 is 14.3 Å². The largest absolute Gasteiger partial charge is 0.497 e. The Bertz CT molecular complexity index is 988. The molecule has 5 heteroatoms. The van der Waals surface area contributed by atoms with Crippen molar-refractivity contribution in [3.8, 4) is 5.75 Å².